The maximum Gasteiger partial charge on any atom is 0.223 e. The first-order valence-electron chi connectivity index (χ1n) is 8.28. The number of carbonyl (C=O) groups is 1. The predicted octanol–water partition coefficient (Wildman–Crippen LogP) is 0.259. The van der Waals surface area contributed by atoms with Gasteiger partial charge >= 0.3 is 0 Å². The molecule has 2 rings (SSSR count). The van der Waals surface area contributed by atoms with Gasteiger partial charge in [-0.3, -0.25) is 9.69 Å². The fourth-order valence-corrected chi connectivity index (χ4v) is 5.20. The van der Waals surface area contributed by atoms with Gasteiger partial charge in [0.25, 0.3) is 0 Å². The van der Waals surface area contributed by atoms with Crippen LogP contribution >= 0.6 is 0 Å². The second-order valence-electron chi connectivity index (χ2n) is 6.55. The van der Waals surface area contributed by atoms with Crippen LogP contribution in [0.15, 0.2) is 0 Å². The average Bonchev–Trinajstić information content (AvgIpc) is 3.00. The van der Waals surface area contributed by atoms with Crippen molar-refractivity contribution in [1.82, 2.24) is 9.80 Å². The number of hydrogen-bond donors (Lipinski definition) is 1. The molecule has 128 valence electrons. The molecular weight excluding hydrogens is 304 g/mol. The second-order valence-corrected chi connectivity index (χ2v) is 8.95. The van der Waals surface area contributed by atoms with Crippen molar-refractivity contribution in [3.05, 3.63) is 0 Å². The molecule has 22 heavy (non-hydrogen) atoms. The van der Waals surface area contributed by atoms with Gasteiger partial charge in [0.05, 0.1) is 17.1 Å². The van der Waals surface area contributed by atoms with Gasteiger partial charge in [-0.05, 0) is 19.8 Å². The van der Waals surface area contributed by atoms with Gasteiger partial charge in [0.2, 0.25) is 5.91 Å². The van der Waals surface area contributed by atoms with Crippen molar-refractivity contribution in [3.63, 3.8) is 0 Å². The molecule has 6 nitrogen and oxygen atoms in total. The summed E-state index contributed by atoms with van der Waals surface area (Å²) in [5.74, 6) is -0.0667. The topological polar surface area (TPSA) is 77.9 Å². The van der Waals surface area contributed by atoms with Crippen molar-refractivity contribution in [3.8, 4) is 0 Å². The van der Waals surface area contributed by atoms with E-state index < -0.39 is 9.84 Å². The summed E-state index contributed by atoms with van der Waals surface area (Å²) in [6.07, 6.45) is 3.24. The number of amides is 1. The minimum Gasteiger partial charge on any atom is -0.392 e. The number of nitrogens with zero attached hydrogens (tertiary/aromatic N) is 2. The lowest BCUT2D eigenvalue weighted by molar-refractivity contribution is -0.132. The predicted molar refractivity (Wildman–Crippen MR) is 85.4 cm³/mol. The van der Waals surface area contributed by atoms with Gasteiger partial charge in [-0.1, -0.05) is 12.8 Å². The molecule has 2 fully saturated rings. The van der Waals surface area contributed by atoms with Crippen LogP contribution < -0.4 is 0 Å². The molecule has 0 aromatic carbocycles. The number of β-amino-alcohol motifs (C(OH)–C–C–N with tert-alkyl or cyclic N) is 1. The van der Waals surface area contributed by atoms with Crippen LogP contribution in [0, 0.1) is 0 Å². The van der Waals surface area contributed by atoms with Crippen LogP contribution in [0.25, 0.3) is 0 Å². The van der Waals surface area contributed by atoms with Crippen LogP contribution in [0.2, 0.25) is 0 Å². The van der Waals surface area contributed by atoms with E-state index in [-0.39, 0.29) is 29.4 Å². The van der Waals surface area contributed by atoms with Crippen molar-refractivity contribution in [2.24, 2.45) is 0 Å². The van der Waals surface area contributed by atoms with Crippen LogP contribution in [0.1, 0.15) is 39.0 Å². The summed E-state index contributed by atoms with van der Waals surface area (Å²) in [5.41, 5.74) is 0. The number of rotatable bonds is 6. The number of hydrogen-bond acceptors (Lipinski definition) is 5. The lowest BCUT2D eigenvalue weighted by Crippen LogP contribution is -2.50. The minimum absolute atomic E-state index is 0.00954. The van der Waals surface area contributed by atoms with Crippen molar-refractivity contribution in [2.45, 2.75) is 50.4 Å². The average molecular weight is 332 g/mol. The Hall–Kier alpha value is -0.660. The molecule has 0 aromatic rings. The Bertz CT molecular complexity index is 464. The molecule has 7 heteroatoms. The molecule has 0 spiro atoms. The lowest BCUT2D eigenvalue weighted by atomic mass is 10.2. The highest BCUT2D eigenvalue weighted by Gasteiger charge is 2.30. The van der Waals surface area contributed by atoms with E-state index in [0.717, 1.165) is 38.8 Å². The summed E-state index contributed by atoms with van der Waals surface area (Å²) in [5, 5.41) is 9.15. The molecule has 1 atom stereocenters. The first-order chi connectivity index (χ1) is 10.4. The quantitative estimate of drug-likeness (QED) is 0.755. The molecule has 1 aliphatic heterocycles. The van der Waals surface area contributed by atoms with E-state index in [2.05, 4.69) is 4.90 Å². The zero-order valence-corrected chi connectivity index (χ0v) is 14.2. The van der Waals surface area contributed by atoms with Crippen LogP contribution in [-0.4, -0.2) is 79.1 Å². The SMILES string of the molecule is C[C@@H](O)CN1CCN(C(=O)CCS(=O)(=O)C2CCCC2)CC1. The highest BCUT2D eigenvalue weighted by molar-refractivity contribution is 7.92. The third-order valence-electron chi connectivity index (χ3n) is 4.66. The van der Waals surface area contributed by atoms with E-state index in [1.54, 1.807) is 11.8 Å². The van der Waals surface area contributed by atoms with Gasteiger partial charge in [-0.15, -0.1) is 0 Å². The van der Waals surface area contributed by atoms with Gasteiger partial charge in [-0.2, -0.15) is 0 Å². The second kappa shape index (κ2) is 7.75. The third kappa shape index (κ3) is 4.93. The molecule has 0 radical (unpaired) electrons. The van der Waals surface area contributed by atoms with Crippen molar-refractivity contribution >= 4 is 15.7 Å². The molecule has 1 saturated carbocycles. The fourth-order valence-electron chi connectivity index (χ4n) is 3.36. The Kier molecular flexibility index (Phi) is 6.23. The fraction of sp³-hybridized carbons (Fsp3) is 0.933. The number of piperazine rings is 1. The summed E-state index contributed by atoms with van der Waals surface area (Å²) in [4.78, 5) is 16.1. The van der Waals surface area contributed by atoms with Gasteiger partial charge in [0.15, 0.2) is 9.84 Å². The van der Waals surface area contributed by atoms with E-state index in [9.17, 15) is 18.3 Å². The van der Waals surface area contributed by atoms with E-state index in [1.165, 1.54) is 0 Å². The molecule has 1 amide bonds. The molecule has 0 unspecified atom stereocenters. The molecule has 1 saturated heterocycles. The maximum absolute atomic E-state index is 12.2. The Labute approximate surface area is 133 Å². The normalized spacial score (nSPS) is 22.9. The van der Waals surface area contributed by atoms with Crippen molar-refractivity contribution < 1.29 is 18.3 Å². The maximum atomic E-state index is 12.2. The van der Waals surface area contributed by atoms with Crippen LogP contribution in [-0.2, 0) is 14.6 Å². The molecule has 0 aromatic heterocycles. The molecule has 1 heterocycles. The van der Waals surface area contributed by atoms with E-state index in [4.69, 9.17) is 0 Å². The molecule has 1 aliphatic carbocycles. The lowest BCUT2D eigenvalue weighted by Gasteiger charge is -2.35. The van der Waals surface area contributed by atoms with Crippen molar-refractivity contribution in [2.75, 3.05) is 38.5 Å². The van der Waals surface area contributed by atoms with Crippen LogP contribution in [0.3, 0.4) is 0 Å². The van der Waals surface area contributed by atoms with Gasteiger partial charge in [-0.25, -0.2) is 8.42 Å². The Morgan fingerprint density at radius 1 is 1.18 bits per heavy atom. The van der Waals surface area contributed by atoms with Gasteiger partial charge in [0, 0.05) is 39.1 Å². The van der Waals surface area contributed by atoms with E-state index in [1.807, 2.05) is 0 Å². The number of aliphatic hydroxyl groups excluding tert-OH is 1. The number of carbonyl (C=O) groups excluding carboxylic acids is 1. The van der Waals surface area contributed by atoms with Crippen LogP contribution in [0.4, 0.5) is 0 Å². The summed E-state index contributed by atoms with van der Waals surface area (Å²) in [6, 6.07) is 0. The molecule has 2 aliphatic rings. The van der Waals surface area contributed by atoms with Crippen LogP contribution in [0.5, 0.6) is 0 Å². The Morgan fingerprint density at radius 3 is 2.32 bits per heavy atom. The largest absolute Gasteiger partial charge is 0.392 e. The number of aliphatic hydroxyl groups is 1. The Balaban J connectivity index is 1.74. The summed E-state index contributed by atoms with van der Waals surface area (Å²) in [6.45, 7) is 5.10. The first-order valence-corrected chi connectivity index (χ1v) is 10.00. The highest BCUT2D eigenvalue weighted by atomic mass is 32.2. The van der Waals surface area contributed by atoms with Gasteiger partial charge in [0.1, 0.15) is 0 Å². The summed E-state index contributed by atoms with van der Waals surface area (Å²) >= 11 is 0. The van der Waals surface area contributed by atoms with Crippen molar-refractivity contribution in [1.29, 1.82) is 0 Å². The summed E-state index contributed by atoms with van der Waals surface area (Å²) < 4.78 is 24.4. The van der Waals surface area contributed by atoms with E-state index >= 15 is 0 Å². The molecule has 0 bridgehead atoms. The Morgan fingerprint density at radius 2 is 1.77 bits per heavy atom. The monoisotopic (exact) mass is 332 g/mol. The minimum atomic E-state index is -3.11. The number of sulfone groups is 1. The zero-order valence-electron chi connectivity index (χ0n) is 13.4. The third-order valence-corrected chi connectivity index (χ3v) is 6.92. The molecule has 1 N–H and O–H groups in total. The smallest absolute Gasteiger partial charge is 0.223 e. The summed E-state index contributed by atoms with van der Waals surface area (Å²) in [7, 11) is -3.11. The standard InChI is InChI=1S/C15H28N2O4S/c1-13(18)12-16-7-9-17(10-8-16)15(19)6-11-22(20,21)14-4-2-3-5-14/h13-14,18H,2-12H2,1H3/t13-/m1/s1. The first kappa shape index (κ1) is 17.7. The molecular formula is C15H28N2O4S. The van der Waals surface area contributed by atoms with E-state index in [0.29, 0.717) is 19.6 Å². The van der Waals surface area contributed by atoms with Gasteiger partial charge < -0.3 is 10.0 Å². The zero-order chi connectivity index (χ0) is 16.2. The highest BCUT2D eigenvalue weighted by Crippen LogP contribution is 2.25.